The molecule has 72 valence electrons. The molecule has 0 amide bonds. The van der Waals surface area contributed by atoms with Crippen molar-refractivity contribution in [3.8, 4) is 0 Å². The number of hydrogen-bond acceptors (Lipinski definition) is 1. The van der Waals surface area contributed by atoms with Crippen LogP contribution >= 0.6 is 0 Å². The van der Waals surface area contributed by atoms with Gasteiger partial charge in [0.15, 0.2) is 0 Å². The van der Waals surface area contributed by atoms with Crippen molar-refractivity contribution >= 4 is 0 Å². The Morgan fingerprint density at radius 1 is 1.25 bits per heavy atom. The Morgan fingerprint density at radius 3 is 2.33 bits per heavy atom. The van der Waals surface area contributed by atoms with E-state index in [-0.39, 0.29) is 5.60 Å². The number of hydrogen-bond donors (Lipinski definition) is 1. The van der Waals surface area contributed by atoms with E-state index in [0.717, 1.165) is 12.8 Å². The highest BCUT2D eigenvalue weighted by molar-refractivity contribution is 4.83. The van der Waals surface area contributed by atoms with Gasteiger partial charge < -0.3 is 5.11 Å². The molecule has 0 heterocycles. The molecule has 0 aromatic carbocycles. The van der Waals surface area contributed by atoms with Gasteiger partial charge in [-0.15, -0.1) is 0 Å². The summed E-state index contributed by atoms with van der Waals surface area (Å²) in [6.07, 6.45) is 8.58. The van der Waals surface area contributed by atoms with Gasteiger partial charge in [0.1, 0.15) is 0 Å². The minimum Gasteiger partial charge on any atom is -0.390 e. The van der Waals surface area contributed by atoms with Crippen LogP contribution in [0.1, 0.15) is 58.8 Å². The Bertz CT molecular complexity index is 123. The topological polar surface area (TPSA) is 20.2 Å². The normalized spacial score (nSPS) is 25.2. The van der Waals surface area contributed by atoms with E-state index in [1.807, 2.05) is 6.92 Å². The van der Waals surface area contributed by atoms with Crippen molar-refractivity contribution < 1.29 is 5.11 Å². The van der Waals surface area contributed by atoms with E-state index in [0.29, 0.717) is 5.92 Å². The molecule has 12 heavy (non-hydrogen) atoms. The molecule has 0 aromatic heterocycles. The van der Waals surface area contributed by atoms with Gasteiger partial charge in [-0.25, -0.2) is 0 Å². The van der Waals surface area contributed by atoms with E-state index < -0.39 is 0 Å². The smallest absolute Gasteiger partial charge is 0.0647 e. The summed E-state index contributed by atoms with van der Waals surface area (Å²) in [4.78, 5) is 0. The van der Waals surface area contributed by atoms with Crippen molar-refractivity contribution in [1.29, 1.82) is 0 Å². The van der Waals surface area contributed by atoms with Crippen LogP contribution in [-0.4, -0.2) is 10.7 Å². The lowest BCUT2D eigenvalue weighted by atomic mass is 9.76. The molecule has 0 bridgehead atoms. The van der Waals surface area contributed by atoms with Crippen LogP contribution < -0.4 is 0 Å². The van der Waals surface area contributed by atoms with E-state index in [4.69, 9.17) is 0 Å². The van der Waals surface area contributed by atoms with E-state index in [2.05, 4.69) is 6.92 Å². The second kappa shape index (κ2) is 4.27. The Morgan fingerprint density at radius 2 is 1.83 bits per heavy atom. The molecule has 1 unspecified atom stereocenters. The summed E-state index contributed by atoms with van der Waals surface area (Å²) in [5.41, 5.74) is -0.380. The first-order valence-electron chi connectivity index (χ1n) is 5.39. The standard InChI is InChI=1S/C11H22O/c1-3-9-11(2,12)10-7-5-4-6-8-10/h10,12H,3-9H2,1-2H3. The highest BCUT2D eigenvalue weighted by Gasteiger charge is 2.31. The molecule has 1 atom stereocenters. The first-order valence-corrected chi connectivity index (χ1v) is 5.39. The lowest BCUT2D eigenvalue weighted by molar-refractivity contribution is -0.0239. The lowest BCUT2D eigenvalue weighted by Gasteiger charge is -2.35. The molecule has 0 aromatic rings. The molecule has 1 aliphatic rings. The van der Waals surface area contributed by atoms with E-state index in [1.165, 1.54) is 32.1 Å². The summed E-state index contributed by atoms with van der Waals surface area (Å²) < 4.78 is 0. The van der Waals surface area contributed by atoms with Crippen LogP contribution in [-0.2, 0) is 0 Å². The van der Waals surface area contributed by atoms with Crippen LogP contribution in [0.3, 0.4) is 0 Å². The molecule has 1 heteroatoms. The number of aliphatic hydroxyl groups is 1. The van der Waals surface area contributed by atoms with Gasteiger partial charge in [-0.2, -0.15) is 0 Å². The molecule has 0 spiro atoms. The van der Waals surface area contributed by atoms with E-state index in [9.17, 15) is 5.11 Å². The summed E-state index contributed by atoms with van der Waals surface area (Å²) in [6.45, 7) is 4.17. The van der Waals surface area contributed by atoms with Crippen molar-refractivity contribution in [2.75, 3.05) is 0 Å². The highest BCUT2D eigenvalue weighted by Crippen LogP contribution is 2.34. The lowest BCUT2D eigenvalue weighted by Crippen LogP contribution is -2.35. The first-order chi connectivity index (χ1) is 5.67. The minimum atomic E-state index is -0.380. The van der Waals surface area contributed by atoms with Crippen LogP contribution in [0, 0.1) is 5.92 Å². The molecule has 0 aliphatic heterocycles. The third-order valence-electron chi connectivity index (χ3n) is 3.24. The monoisotopic (exact) mass is 170 g/mol. The van der Waals surface area contributed by atoms with Crippen LogP contribution in [0.15, 0.2) is 0 Å². The predicted molar refractivity (Wildman–Crippen MR) is 52.1 cm³/mol. The van der Waals surface area contributed by atoms with Gasteiger partial charge in [0, 0.05) is 0 Å². The van der Waals surface area contributed by atoms with Crippen molar-refractivity contribution in [1.82, 2.24) is 0 Å². The van der Waals surface area contributed by atoms with Gasteiger partial charge in [0.05, 0.1) is 5.60 Å². The second-order valence-electron chi connectivity index (χ2n) is 4.44. The zero-order valence-corrected chi connectivity index (χ0v) is 8.47. The average Bonchev–Trinajstić information content (AvgIpc) is 2.06. The fraction of sp³-hybridized carbons (Fsp3) is 1.00. The summed E-state index contributed by atoms with van der Waals surface area (Å²) in [5.74, 6) is 0.575. The van der Waals surface area contributed by atoms with Crippen molar-refractivity contribution in [3.63, 3.8) is 0 Å². The van der Waals surface area contributed by atoms with E-state index >= 15 is 0 Å². The Hall–Kier alpha value is -0.0400. The van der Waals surface area contributed by atoms with Gasteiger partial charge in [0.2, 0.25) is 0 Å². The van der Waals surface area contributed by atoms with Gasteiger partial charge in [-0.3, -0.25) is 0 Å². The molecule has 1 rings (SSSR count). The SMILES string of the molecule is CCCC(C)(O)C1CCCCC1. The fourth-order valence-corrected chi connectivity index (χ4v) is 2.43. The fourth-order valence-electron chi connectivity index (χ4n) is 2.43. The minimum absolute atomic E-state index is 0.380. The molecule has 1 aliphatic carbocycles. The third-order valence-corrected chi connectivity index (χ3v) is 3.24. The van der Waals surface area contributed by atoms with Crippen LogP contribution in [0.5, 0.6) is 0 Å². The zero-order valence-electron chi connectivity index (χ0n) is 8.47. The van der Waals surface area contributed by atoms with E-state index in [1.54, 1.807) is 0 Å². The van der Waals surface area contributed by atoms with Gasteiger partial charge >= 0.3 is 0 Å². The molecule has 0 saturated heterocycles. The quantitative estimate of drug-likeness (QED) is 0.690. The summed E-state index contributed by atoms with van der Waals surface area (Å²) in [5, 5.41) is 10.1. The van der Waals surface area contributed by atoms with Crippen LogP contribution in [0.4, 0.5) is 0 Å². The van der Waals surface area contributed by atoms with Crippen molar-refractivity contribution in [2.45, 2.75) is 64.4 Å². The molecule has 1 N–H and O–H groups in total. The predicted octanol–water partition coefficient (Wildman–Crippen LogP) is 3.12. The van der Waals surface area contributed by atoms with Crippen molar-refractivity contribution in [2.24, 2.45) is 5.92 Å². The highest BCUT2D eigenvalue weighted by atomic mass is 16.3. The van der Waals surface area contributed by atoms with Gasteiger partial charge in [-0.05, 0) is 32.1 Å². The second-order valence-corrected chi connectivity index (χ2v) is 4.44. The van der Waals surface area contributed by atoms with Gasteiger partial charge in [0.25, 0.3) is 0 Å². The van der Waals surface area contributed by atoms with Crippen LogP contribution in [0.2, 0.25) is 0 Å². The molecule has 1 nitrogen and oxygen atoms in total. The Labute approximate surface area is 76.2 Å². The maximum absolute atomic E-state index is 10.1. The molecule has 1 fully saturated rings. The zero-order chi connectivity index (χ0) is 9.03. The molecule has 0 radical (unpaired) electrons. The van der Waals surface area contributed by atoms with Crippen molar-refractivity contribution in [3.05, 3.63) is 0 Å². The Kier molecular flexibility index (Phi) is 3.57. The Balaban J connectivity index is 2.41. The largest absolute Gasteiger partial charge is 0.390 e. The molecular weight excluding hydrogens is 148 g/mol. The maximum Gasteiger partial charge on any atom is 0.0647 e. The summed E-state index contributed by atoms with van der Waals surface area (Å²) in [7, 11) is 0. The molecule has 1 saturated carbocycles. The maximum atomic E-state index is 10.1. The first kappa shape index (κ1) is 10.0. The van der Waals surface area contributed by atoms with Crippen LogP contribution in [0.25, 0.3) is 0 Å². The molecular formula is C11H22O. The summed E-state index contributed by atoms with van der Waals surface area (Å²) >= 11 is 0. The third kappa shape index (κ3) is 2.48. The summed E-state index contributed by atoms with van der Waals surface area (Å²) in [6, 6.07) is 0. The number of rotatable bonds is 3. The van der Waals surface area contributed by atoms with Gasteiger partial charge in [-0.1, -0.05) is 32.6 Å². The average molecular weight is 170 g/mol.